The van der Waals surface area contributed by atoms with Gasteiger partial charge in [0.25, 0.3) is 5.91 Å². The Morgan fingerprint density at radius 3 is 2.54 bits per heavy atom. The molecule has 0 aliphatic carbocycles. The van der Waals surface area contributed by atoms with Crippen LogP contribution in [-0.4, -0.2) is 29.0 Å². The number of amides is 1. The van der Waals surface area contributed by atoms with Gasteiger partial charge >= 0.3 is 0 Å². The zero-order chi connectivity index (χ0) is 18.8. The first-order chi connectivity index (χ1) is 12.5. The zero-order valence-electron chi connectivity index (χ0n) is 14.5. The van der Waals surface area contributed by atoms with Crippen LogP contribution in [0.5, 0.6) is 11.5 Å². The van der Waals surface area contributed by atoms with E-state index < -0.39 is 17.7 Å². The van der Waals surface area contributed by atoms with E-state index in [9.17, 15) is 19.8 Å². The number of ether oxygens (including phenoxy) is 1. The van der Waals surface area contributed by atoms with Crippen LogP contribution in [0.1, 0.15) is 24.9 Å². The largest absolute Gasteiger partial charge is 0.506 e. The molecule has 1 heterocycles. The fraction of sp³-hybridized carbons (Fsp3) is 0.200. The molecule has 0 saturated heterocycles. The van der Waals surface area contributed by atoms with Gasteiger partial charge in [-0.2, -0.15) is 0 Å². The van der Waals surface area contributed by atoms with E-state index in [0.717, 1.165) is 0 Å². The van der Waals surface area contributed by atoms with E-state index in [1.165, 1.54) is 18.1 Å². The first-order valence-corrected chi connectivity index (χ1v) is 8.21. The first kappa shape index (κ1) is 17.5. The van der Waals surface area contributed by atoms with Gasteiger partial charge in [0, 0.05) is 6.42 Å². The minimum atomic E-state index is -0.849. The molecular formula is C20H19NO5. The molecule has 0 fully saturated rings. The number of nitrogens with zero attached hydrogens (tertiary/aromatic N) is 1. The number of Topliss-reactive ketones (excluding diaryl/α,β-unsaturated/α-hetero) is 1. The molecule has 0 aromatic heterocycles. The lowest BCUT2D eigenvalue weighted by Crippen LogP contribution is -2.31. The number of para-hydroxylation sites is 2. The van der Waals surface area contributed by atoms with Crippen molar-refractivity contribution in [2.45, 2.75) is 19.4 Å². The van der Waals surface area contributed by atoms with Crippen molar-refractivity contribution >= 4 is 17.4 Å². The van der Waals surface area contributed by atoms with E-state index in [4.69, 9.17) is 4.74 Å². The van der Waals surface area contributed by atoms with Crippen LogP contribution < -0.4 is 9.64 Å². The molecule has 0 radical (unpaired) electrons. The summed E-state index contributed by atoms with van der Waals surface area (Å²) in [4.78, 5) is 26.5. The summed E-state index contributed by atoms with van der Waals surface area (Å²) in [6, 6.07) is 12.4. The molecule has 2 aromatic carbocycles. The van der Waals surface area contributed by atoms with Crippen LogP contribution >= 0.6 is 0 Å². The van der Waals surface area contributed by atoms with Gasteiger partial charge in [0.1, 0.15) is 11.5 Å². The SMILES string of the molecule is CCC(=O)C1=C(O)C(=O)N(c2ccccc2O)C1c1cccc(OC)c1. The molecular weight excluding hydrogens is 334 g/mol. The molecule has 6 heteroatoms. The number of aliphatic hydroxyl groups is 1. The van der Waals surface area contributed by atoms with Crippen LogP contribution in [0.4, 0.5) is 5.69 Å². The highest BCUT2D eigenvalue weighted by Gasteiger charge is 2.44. The number of carbonyl (C=O) groups is 2. The van der Waals surface area contributed by atoms with Crippen LogP contribution in [0.15, 0.2) is 59.9 Å². The van der Waals surface area contributed by atoms with Gasteiger partial charge in [0.15, 0.2) is 11.5 Å². The highest BCUT2D eigenvalue weighted by molar-refractivity contribution is 6.16. The third kappa shape index (κ3) is 2.79. The lowest BCUT2D eigenvalue weighted by Gasteiger charge is -2.27. The Hall–Kier alpha value is -3.28. The molecule has 1 aliphatic heterocycles. The second-order valence-electron chi connectivity index (χ2n) is 5.88. The van der Waals surface area contributed by atoms with E-state index >= 15 is 0 Å². The Kier molecular flexibility index (Phi) is 4.67. The number of aliphatic hydroxyl groups excluding tert-OH is 1. The fourth-order valence-corrected chi connectivity index (χ4v) is 3.12. The average Bonchev–Trinajstić information content (AvgIpc) is 2.93. The van der Waals surface area contributed by atoms with Crippen molar-refractivity contribution in [3.05, 3.63) is 65.4 Å². The number of anilines is 1. The third-order valence-corrected chi connectivity index (χ3v) is 4.38. The van der Waals surface area contributed by atoms with Crippen LogP contribution in [0, 0.1) is 0 Å². The van der Waals surface area contributed by atoms with Gasteiger partial charge in [-0.1, -0.05) is 31.2 Å². The second kappa shape index (κ2) is 6.92. The Balaban J connectivity index is 2.22. The van der Waals surface area contributed by atoms with Crippen LogP contribution in [-0.2, 0) is 9.59 Å². The van der Waals surface area contributed by atoms with E-state index in [1.54, 1.807) is 49.4 Å². The lowest BCUT2D eigenvalue weighted by atomic mass is 9.94. The average molecular weight is 353 g/mol. The van der Waals surface area contributed by atoms with E-state index in [0.29, 0.717) is 11.3 Å². The molecule has 0 saturated carbocycles. The Labute approximate surface area is 150 Å². The van der Waals surface area contributed by atoms with Crippen molar-refractivity contribution in [2.24, 2.45) is 0 Å². The summed E-state index contributed by atoms with van der Waals surface area (Å²) in [6.45, 7) is 1.67. The minimum absolute atomic E-state index is 0.0222. The highest BCUT2D eigenvalue weighted by atomic mass is 16.5. The smallest absolute Gasteiger partial charge is 0.294 e. The van der Waals surface area contributed by atoms with Crippen molar-refractivity contribution < 1.29 is 24.5 Å². The summed E-state index contributed by atoms with van der Waals surface area (Å²) in [7, 11) is 1.52. The van der Waals surface area contributed by atoms with Gasteiger partial charge in [-0.3, -0.25) is 14.5 Å². The van der Waals surface area contributed by atoms with Crippen molar-refractivity contribution in [1.82, 2.24) is 0 Å². The molecule has 0 bridgehead atoms. The van der Waals surface area contributed by atoms with Gasteiger partial charge in [-0.25, -0.2) is 0 Å². The lowest BCUT2D eigenvalue weighted by molar-refractivity contribution is -0.118. The van der Waals surface area contributed by atoms with E-state index in [1.807, 2.05) is 0 Å². The number of benzene rings is 2. The molecule has 134 valence electrons. The van der Waals surface area contributed by atoms with Gasteiger partial charge in [0.2, 0.25) is 0 Å². The number of methoxy groups -OCH3 is 1. The molecule has 2 N–H and O–H groups in total. The Morgan fingerprint density at radius 2 is 1.88 bits per heavy atom. The highest BCUT2D eigenvalue weighted by Crippen LogP contribution is 2.44. The number of phenolic OH excluding ortho intramolecular Hbond substituents is 1. The molecule has 6 nitrogen and oxygen atoms in total. The minimum Gasteiger partial charge on any atom is -0.506 e. The first-order valence-electron chi connectivity index (χ1n) is 8.21. The van der Waals surface area contributed by atoms with E-state index in [-0.39, 0.29) is 29.2 Å². The predicted molar refractivity (Wildman–Crippen MR) is 96.3 cm³/mol. The van der Waals surface area contributed by atoms with Gasteiger partial charge in [0.05, 0.1) is 24.4 Å². The van der Waals surface area contributed by atoms with E-state index in [2.05, 4.69) is 0 Å². The predicted octanol–water partition coefficient (Wildman–Crippen LogP) is 3.28. The molecule has 1 atom stereocenters. The molecule has 26 heavy (non-hydrogen) atoms. The maximum absolute atomic E-state index is 12.8. The number of carbonyl (C=O) groups excluding carboxylic acids is 2. The molecule has 1 amide bonds. The van der Waals surface area contributed by atoms with Crippen LogP contribution in [0.3, 0.4) is 0 Å². The molecule has 1 aliphatic rings. The summed E-state index contributed by atoms with van der Waals surface area (Å²) < 4.78 is 5.24. The Bertz CT molecular complexity index is 903. The van der Waals surface area contributed by atoms with Crippen molar-refractivity contribution in [2.75, 3.05) is 12.0 Å². The van der Waals surface area contributed by atoms with Gasteiger partial charge in [-0.15, -0.1) is 0 Å². The third-order valence-electron chi connectivity index (χ3n) is 4.38. The maximum Gasteiger partial charge on any atom is 0.294 e. The summed E-state index contributed by atoms with van der Waals surface area (Å²) in [5.74, 6) is -1.21. The zero-order valence-corrected chi connectivity index (χ0v) is 14.5. The van der Waals surface area contributed by atoms with Crippen LogP contribution in [0.2, 0.25) is 0 Å². The maximum atomic E-state index is 12.8. The fourth-order valence-electron chi connectivity index (χ4n) is 3.12. The normalized spacial score (nSPS) is 16.9. The van der Waals surface area contributed by atoms with Crippen molar-refractivity contribution in [3.63, 3.8) is 0 Å². The quantitative estimate of drug-likeness (QED) is 0.861. The molecule has 1 unspecified atom stereocenters. The summed E-state index contributed by atoms with van der Waals surface area (Å²) in [6.07, 6.45) is 0.141. The van der Waals surface area contributed by atoms with Crippen LogP contribution in [0.25, 0.3) is 0 Å². The topological polar surface area (TPSA) is 87.1 Å². The summed E-state index contributed by atoms with van der Waals surface area (Å²) in [5.41, 5.74) is 0.839. The summed E-state index contributed by atoms with van der Waals surface area (Å²) in [5, 5.41) is 20.6. The molecule has 0 spiro atoms. The standard InChI is InChI=1S/C20H19NO5/c1-3-15(22)17-18(12-7-6-8-13(11-12)26-2)21(20(25)19(17)24)14-9-4-5-10-16(14)23/h4-11,18,23-24H,3H2,1-2H3. The van der Waals surface area contributed by atoms with Gasteiger partial charge < -0.3 is 14.9 Å². The number of phenols is 1. The summed E-state index contributed by atoms with van der Waals surface area (Å²) >= 11 is 0. The van der Waals surface area contributed by atoms with Crippen molar-refractivity contribution in [3.8, 4) is 11.5 Å². The van der Waals surface area contributed by atoms with Gasteiger partial charge in [-0.05, 0) is 29.8 Å². The number of ketones is 1. The Morgan fingerprint density at radius 1 is 1.15 bits per heavy atom. The monoisotopic (exact) mass is 353 g/mol. The number of hydrogen-bond donors (Lipinski definition) is 2. The van der Waals surface area contributed by atoms with Crippen molar-refractivity contribution in [1.29, 1.82) is 0 Å². The number of rotatable bonds is 5. The molecule has 2 aromatic rings. The second-order valence-corrected chi connectivity index (χ2v) is 5.88. The number of aromatic hydroxyl groups is 1. The molecule has 3 rings (SSSR count). The number of hydrogen-bond acceptors (Lipinski definition) is 5.